The molecule has 6 nitrogen and oxygen atoms in total. The SMILES string of the molecule is CNC(=O)c1cc(Cl)ccc1NS(=O)(=O)c1c[nH]c2ccccc12. The fraction of sp³-hybridized carbons (Fsp3) is 0.0625. The number of carbonyl (C=O) groups is 1. The van der Waals surface area contributed by atoms with Gasteiger partial charge in [0.05, 0.1) is 11.3 Å². The Hall–Kier alpha value is -2.51. The molecule has 1 heterocycles. The Kier molecular flexibility index (Phi) is 4.21. The minimum absolute atomic E-state index is 0.107. The van der Waals surface area contributed by atoms with E-state index in [2.05, 4.69) is 15.0 Å². The molecule has 0 unspecified atom stereocenters. The molecule has 0 radical (unpaired) electrons. The zero-order valence-corrected chi connectivity index (χ0v) is 14.2. The molecule has 1 aromatic heterocycles. The molecule has 1 amide bonds. The van der Waals surface area contributed by atoms with Crippen molar-refractivity contribution in [1.82, 2.24) is 10.3 Å². The Morgan fingerprint density at radius 2 is 1.92 bits per heavy atom. The number of nitrogens with one attached hydrogen (secondary N) is 3. The van der Waals surface area contributed by atoms with E-state index in [1.54, 1.807) is 18.2 Å². The molecule has 0 atom stereocenters. The van der Waals surface area contributed by atoms with Crippen LogP contribution in [0.3, 0.4) is 0 Å². The molecule has 3 N–H and O–H groups in total. The lowest BCUT2D eigenvalue weighted by molar-refractivity contribution is 0.0964. The lowest BCUT2D eigenvalue weighted by Gasteiger charge is -2.12. The van der Waals surface area contributed by atoms with Gasteiger partial charge in [0.2, 0.25) is 0 Å². The van der Waals surface area contributed by atoms with Gasteiger partial charge in [-0.1, -0.05) is 29.8 Å². The summed E-state index contributed by atoms with van der Waals surface area (Å²) in [6, 6.07) is 11.4. The molecule has 0 saturated heterocycles. The van der Waals surface area contributed by atoms with Crippen molar-refractivity contribution < 1.29 is 13.2 Å². The predicted molar refractivity (Wildman–Crippen MR) is 93.9 cm³/mol. The monoisotopic (exact) mass is 363 g/mol. The van der Waals surface area contributed by atoms with Crippen molar-refractivity contribution in [2.75, 3.05) is 11.8 Å². The van der Waals surface area contributed by atoms with Crippen LogP contribution in [0, 0.1) is 0 Å². The minimum atomic E-state index is -3.88. The first-order chi connectivity index (χ1) is 11.4. The lowest BCUT2D eigenvalue weighted by Crippen LogP contribution is -2.21. The topological polar surface area (TPSA) is 91.1 Å². The first kappa shape index (κ1) is 16.4. The maximum Gasteiger partial charge on any atom is 0.264 e. The van der Waals surface area contributed by atoms with E-state index in [4.69, 9.17) is 11.6 Å². The number of carbonyl (C=O) groups excluding carboxylic acids is 1. The summed E-state index contributed by atoms with van der Waals surface area (Å²) >= 11 is 5.90. The van der Waals surface area contributed by atoms with Crippen molar-refractivity contribution in [3.8, 4) is 0 Å². The number of para-hydroxylation sites is 1. The summed E-state index contributed by atoms with van der Waals surface area (Å²) in [6.45, 7) is 0. The molecule has 0 bridgehead atoms. The highest BCUT2D eigenvalue weighted by Gasteiger charge is 2.21. The molecular weight excluding hydrogens is 350 g/mol. The molecule has 0 fully saturated rings. The summed E-state index contributed by atoms with van der Waals surface area (Å²) in [4.78, 5) is 15.0. The van der Waals surface area contributed by atoms with Gasteiger partial charge >= 0.3 is 0 Å². The fourth-order valence-electron chi connectivity index (χ4n) is 2.39. The average Bonchev–Trinajstić information content (AvgIpc) is 3.00. The molecule has 2 aromatic carbocycles. The number of sulfonamides is 1. The molecule has 0 saturated carbocycles. The highest BCUT2D eigenvalue weighted by Crippen LogP contribution is 2.27. The summed E-state index contributed by atoms with van der Waals surface area (Å²) in [5, 5.41) is 3.37. The maximum atomic E-state index is 12.7. The van der Waals surface area contributed by atoms with Crippen molar-refractivity contribution in [2.45, 2.75) is 4.90 Å². The van der Waals surface area contributed by atoms with Gasteiger partial charge in [0, 0.05) is 29.2 Å². The first-order valence-electron chi connectivity index (χ1n) is 7.03. The molecule has 124 valence electrons. The zero-order chi connectivity index (χ0) is 17.3. The van der Waals surface area contributed by atoms with E-state index in [-0.39, 0.29) is 16.1 Å². The average molecular weight is 364 g/mol. The number of halogens is 1. The van der Waals surface area contributed by atoms with Gasteiger partial charge in [-0.25, -0.2) is 8.42 Å². The summed E-state index contributed by atoms with van der Waals surface area (Å²) in [5.41, 5.74) is 1.01. The van der Waals surface area contributed by atoms with Crippen LogP contribution in [-0.4, -0.2) is 26.4 Å². The fourth-order valence-corrected chi connectivity index (χ4v) is 3.83. The van der Waals surface area contributed by atoms with Crippen LogP contribution >= 0.6 is 11.6 Å². The van der Waals surface area contributed by atoms with Crippen molar-refractivity contribution in [3.05, 3.63) is 59.2 Å². The number of hydrogen-bond donors (Lipinski definition) is 3. The van der Waals surface area contributed by atoms with Crippen molar-refractivity contribution in [3.63, 3.8) is 0 Å². The molecule has 0 spiro atoms. The molecule has 3 rings (SSSR count). The number of hydrogen-bond acceptors (Lipinski definition) is 3. The predicted octanol–water partition coefficient (Wildman–Crippen LogP) is 2.98. The zero-order valence-electron chi connectivity index (χ0n) is 12.6. The summed E-state index contributed by atoms with van der Waals surface area (Å²) in [5.74, 6) is -0.436. The van der Waals surface area contributed by atoms with Crippen LogP contribution in [0.25, 0.3) is 10.9 Å². The number of H-pyrrole nitrogens is 1. The van der Waals surface area contributed by atoms with E-state index in [1.165, 1.54) is 31.4 Å². The molecule has 3 aromatic rings. The number of amides is 1. The highest BCUT2D eigenvalue weighted by molar-refractivity contribution is 7.93. The van der Waals surface area contributed by atoms with Crippen molar-refractivity contribution in [2.24, 2.45) is 0 Å². The summed E-state index contributed by atoms with van der Waals surface area (Å²) in [7, 11) is -2.42. The van der Waals surface area contributed by atoms with Crippen molar-refractivity contribution >= 4 is 44.1 Å². The van der Waals surface area contributed by atoms with E-state index in [0.717, 1.165) is 0 Å². The Bertz CT molecular complexity index is 1030. The Labute approximate surface area is 143 Å². The first-order valence-corrected chi connectivity index (χ1v) is 8.89. The number of anilines is 1. The van der Waals surface area contributed by atoms with Gasteiger partial charge < -0.3 is 10.3 Å². The summed E-state index contributed by atoms with van der Waals surface area (Å²) in [6.07, 6.45) is 1.42. The second-order valence-electron chi connectivity index (χ2n) is 5.07. The molecule has 0 aliphatic rings. The van der Waals surface area contributed by atoms with Gasteiger partial charge in [0.15, 0.2) is 0 Å². The third-order valence-electron chi connectivity index (χ3n) is 3.54. The molecule has 0 aliphatic heterocycles. The maximum absolute atomic E-state index is 12.7. The minimum Gasteiger partial charge on any atom is -0.360 e. The normalized spacial score (nSPS) is 11.4. The van der Waals surface area contributed by atoms with E-state index in [0.29, 0.717) is 15.9 Å². The molecular formula is C16H14ClN3O3S. The number of rotatable bonds is 4. The third kappa shape index (κ3) is 2.95. The van der Waals surface area contributed by atoms with E-state index in [1.807, 2.05) is 6.07 Å². The number of benzene rings is 2. The van der Waals surface area contributed by atoms with Crippen LogP contribution in [0.2, 0.25) is 5.02 Å². The Balaban J connectivity index is 2.06. The van der Waals surface area contributed by atoms with Gasteiger partial charge in [-0.15, -0.1) is 0 Å². The third-order valence-corrected chi connectivity index (χ3v) is 5.18. The van der Waals surface area contributed by atoms with E-state index in [9.17, 15) is 13.2 Å². The smallest absolute Gasteiger partial charge is 0.264 e. The second kappa shape index (κ2) is 6.18. The van der Waals surface area contributed by atoms with Gasteiger partial charge in [-0.05, 0) is 24.3 Å². The van der Waals surface area contributed by atoms with Crippen LogP contribution in [0.5, 0.6) is 0 Å². The second-order valence-corrected chi connectivity index (χ2v) is 7.16. The van der Waals surface area contributed by atoms with E-state index < -0.39 is 15.9 Å². The Morgan fingerprint density at radius 1 is 1.17 bits per heavy atom. The van der Waals surface area contributed by atoms with Crippen LogP contribution < -0.4 is 10.0 Å². The number of aromatic amines is 1. The largest absolute Gasteiger partial charge is 0.360 e. The van der Waals surface area contributed by atoms with E-state index >= 15 is 0 Å². The van der Waals surface area contributed by atoms with Gasteiger partial charge in [0.25, 0.3) is 15.9 Å². The Morgan fingerprint density at radius 3 is 2.67 bits per heavy atom. The molecule has 8 heteroatoms. The van der Waals surface area contributed by atoms with Crippen LogP contribution in [-0.2, 0) is 10.0 Å². The lowest BCUT2D eigenvalue weighted by atomic mass is 10.2. The van der Waals surface area contributed by atoms with Crippen LogP contribution in [0.1, 0.15) is 10.4 Å². The van der Waals surface area contributed by atoms with Crippen LogP contribution in [0.15, 0.2) is 53.6 Å². The van der Waals surface area contributed by atoms with Gasteiger partial charge in [0.1, 0.15) is 4.90 Å². The van der Waals surface area contributed by atoms with Crippen molar-refractivity contribution in [1.29, 1.82) is 0 Å². The number of fused-ring (bicyclic) bond motifs is 1. The molecule has 24 heavy (non-hydrogen) atoms. The number of aromatic nitrogens is 1. The van der Waals surface area contributed by atoms with Gasteiger partial charge in [-0.3, -0.25) is 9.52 Å². The van der Waals surface area contributed by atoms with Gasteiger partial charge in [-0.2, -0.15) is 0 Å². The standard InChI is InChI=1S/C16H14ClN3O3S/c1-18-16(21)12-8-10(17)6-7-14(12)20-24(22,23)15-9-19-13-5-3-2-4-11(13)15/h2-9,19-20H,1H3,(H,18,21). The quantitative estimate of drug-likeness (QED) is 0.665. The highest BCUT2D eigenvalue weighted by atomic mass is 35.5. The molecule has 0 aliphatic carbocycles. The van der Waals surface area contributed by atoms with Crippen LogP contribution in [0.4, 0.5) is 5.69 Å². The summed E-state index contributed by atoms with van der Waals surface area (Å²) < 4.78 is 27.9.